The molecule has 0 aliphatic carbocycles. The number of aromatic nitrogens is 2. The molecule has 1 atom stereocenters. The molecular formula is C21H28N6O2S. The van der Waals surface area contributed by atoms with Gasteiger partial charge in [0.2, 0.25) is 11.8 Å². The minimum atomic E-state index is -0.428. The number of thiazole rings is 1. The molecular weight excluding hydrogens is 400 g/mol. The van der Waals surface area contributed by atoms with Crippen molar-refractivity contribution in [3.8, 4) is 0 Å². The van der Waals surface area contributed by atoms with Gasteiger partial charge in [-0.05, 0) is 18.6 Å². The molecule has 0 spiro atoms. The Balaban J connectivity index is 1.31. The second-order valence-corrected chi connectivity index (χ2v) is 8.92. The van der Waals surface area contributed by atoms with Gasteiger partial charge >= 0.3 is 0 Å². The van der Waals surface area contributed by atoms with Gasteiger partial charge in [0.25, 0.3) is 0 Å². The summed E-state index contributed by atoms with van der Waals surface area (Å²) in [5.41, 5.74) is 2.15. The average Bonchev–Trinajstić information content (AvgIpc) is 3.16. The molecule has 0 saturated carbocycles. The second kappa shape index (κ2) is 9.63. The minimum Gasteiger partial charge on any atom is -0.353 e. The fraction of sp³-hybridized carbons (Fsp3) is 0.524. The third-order valence-corrected chi connectivity index (χ3v) is 6.52. The predicted octanol–water partition coefficient (Wildman–Crippen LogP) is 0.881. The smallest absolute Gasteiger partial charge is 0.237 e. The summed E-state index contributed by atoms with van der Waals surface area (Å²) in [4.78, 5) is 40.5. The van der Waals surface area contributed by atoms with Crippen molar-refractivity contribution in [2.75, 3.05) is 39.3 Å². The summed E-state index contributed by atoms with van der Waals surface area (Å²) in [6, 6.07) is 3.47. The topological polar surface area (TPSA) is 81.7 Å². The van der Waals surface area contributed by atoms with Gasteiger partial charge in [0, 0.05) is 70.1 Å². The Morgan fingerprint density at radius 1 is 1.23 bits per heavy atom. The molecule has 160 valence electrons. The van der Waals surface area contributed by atoms with Gasteiger partial charge in [-0.3, -0.25) is 24.4 Å². The molecule has 2 saturated heterocycles. The summed E-state index contributed by atoms with van der Waals surface area (Å²) >= 11 is 1.67. The number of nitrogens with zero attached hydrogens (tertiary/aromatic N) is 5. The molecule has 0 bridgehead atoms. The number of carbonyl (C=O) groups is 2. The standard InChI is InChI=1S/C21H28N6O2S/c1-16-24-18(15-30-16)14-25-7-9-26(10-8-25)20(28)11-19-21(29)23-5-6-27(19)13-17-3-2-4-22-12-17/h2-4,12,15,19H,5-11,13-14H2,1H3,(H,23,29)/t19-/m0/s1. The Morgan fingerprint density at radius 3 is 2.77 bits per heavy atom. The lowest BCUT2D eigenvalue weighted by molar-refractivity contribution is -0.140. The molecule has 2 amide bonds. The molecule has 4 rings (SSSR count). The number of carbonyl (C=O) groups excluding carboxylic acids is 2. The highest BCUT2D eigenvalue weighted by molar-refractivity contribution is 7.09. The van der Waals surface area contributed by atoms with Crippen molar-refractivity contribution in [2.45, 2.75) is 32.5 Å². The molecule has 9 heteroatoms. The van der Waals surface area contributed by atoms with Crippen LogP contribution in [-0.4, -0.2) is 81.8 Å². The van der Waals surface area contributed by atoms with Crippen molar-refractivity contribution >= 4 is 23.2 Å². The van der Waals surface area contributed by atoms with Crippen LogP contribution in [-0.2, 0) is 22.7 Å². The van der Waals surface area contributed by atoms with Crippen LogP contribution in [0.1, 0.15) is 22.7 Å². The first-order valence-electron chi connectivity index (χ1n) is 10.4. The largest absolute Gasteiger partial charge is 0.353 e. The number of aryl methyl sites for hydroxylation is 1. The van der Waals surface area contributed by atoms with Crippen molar-refractivity contribution in [2.24, 2.45) is 0 Å². The number of amides is 2. The monoisotopic (exact) mass is 428 g/mol. The maximum absolute atomic E-state index is 13.0. The molecule has 1 N–H and O–H groups in total. The van der Waals surface area contributed by atoms with Crippen molar-refractivity contribution in [3.63, 3.8) is 0 Å². The van der Waals surface area contributed by atoms with E-state index in [1.54, 1.807) is 17.5 Å². The summed E-state index contributed by atoms with van der Waals surface area (Å²) in [5.74, 6) is -0.00609. The van der Waals surface area contributed by atoms with E-state index in [1.165, 1.54) is 0 Å². The number of pyridine rings is 1. The summed E-state index contributed by atoms with van der Waals surface area (Å²) < 4.78 is 0. The number of hydrogen-bond donors (Lipinski definition) is 1. The molecule has 0 radical (unpaired) electrons. The molecule has 0 unspecified atom stereocenters. The maximum atomic E-state index is 13.0. The van der Waals surface area contributed by atoms with E-state index in [9.17, 15) is 9.59 Å². The molecule has 2 aliphatic heterocycles. The lowest BCUT2D eigenvalue weighted by Gasteiger charge is -2.38. The highest BCUT2D eigenvalue weighted by Gasteiger charge is 2.33. The normalized spacial score (nSPS) is 20.9. The van der Waals surface area contributed by atoms with Crippen molar-refractivity contribution in [1.29, 1.82) is 0 Å². The van der Waals surface area contributed by atoms with Crippen LogP contribution in [0, 0.1) is 6.92 Å². The summed E-state index contributed by atoms with van der Waals surface area (Å²) in [6.45, 7) is 7.87. The van der Waals surface area contributed by atoms with Gasteiger partial charge in [0.05, 0.1) is 23.2 Å². The zero-order valence-electron chi connectivity index (χ0n) is 17.3. The first kappa shape index (κ1) is 20.9. The molecule has 8 nitrogen and oxygen atoms in total. The van der Waals surface area contributed by atoms with Crippen LogP contribution >= 0.6 is 11.3 Å². The van der Waals surface area contributed by atoms with Crippen LogP contribution in [0.2, 0.25) is 0 Å². The lowest BCUT2D eigenvalue weighted by atomic mass is 10.1. The fourth-order valence-electron chi connectivity index (χ4n) is 4.06. The van der Waals surface area contributed by atoms with Crippen LogP contribution < -0.4 is 5.32 Å². The summed E-state index contributed by atoms with van der Waals surface area (Å²) in [5, 5.41) is 6.10. The molecule has 2 aromatic rings. The highest BCUT2D eigenvalue weighted by Crippen LogP contribution is 2.17. The third-order valence-electron chi connectivity index (χ3n) is 5.70. The molecule has 2 aliphatic rings. The highest BCUT2D eigenvalue weighted by atomic mass is 32.1. The Bertz CT molecular complexity index is 865. The number of nitrogens with one attached hydrogen (secondary N) is 1. The van der Waals surface area contributed by atoms with E-state index in [-0.39, 0.29) is 18.2 Å². The first-order valence-corrected chi connectivity index (χ1v) is 11.3. The number of hydrogen-bond acceptors (Lipinski definition) is 7. The number of piperazine rings is 2. The Kier molecular flexibility index (Phi) is 6.71. The molecule has 2 fully saturated rings. The van der Waals surface area contributed by atoms with E-state index < -0.39 is 6.04 Å². The molecule has 2 aromatic heterocycles. The second-order valence-electron chi connectivity index (χ2n) is 7.86. The number of rotatable bonds is 6. The van der Waals surface area contributed by atoms with E-state index in [2.05, 4.69) is 30.5 Å². The average molecular weight is 429 g/mol. The third kappa shape index (κ3) is 5.21. The Hall–Kier alpha value is -2.36. The van der Waals surface area contributed by atoms with Crippen molar-refractivity contribution in [1.82, 2.24) is 30.0 Å². The Morgan fingerprint density at radius 2 is 2.07 bits per heavy atom. The first-order chi connectivity index (χ1) is 14.6. The van der Waals surface area contributed by atoms with Gasteiger partial charge in [-0.1, -0.05) is 6.07 Å². The van der Waals surface area contributed by atoms with Crippen LogP contribution in [0.3, 0.4) is 0 Å². The Labute approximate surface area is 180 Å². The van der Waals surface area contributed by atoms with Gasteiger partial charge in [-0.2, -0.15) is 0 Å². The van der Waals surface area contributed by atoms with Gasteiger partial charge in [-0.25, -0.2) is 4.98 Å². The van der Waals surface area contributed by atoms with Crippen LogP contribution in [0.15, 0.2) is 29.9 Å². The van der Waals surface area contributed by atoms with Crippen LogP contribution in [0.5, 0.6) is 0 Å². The van der Waals surface area contributed by atoms with E-state index >= 15 is 0 Å². The van der Waals surface area contributed by atoms with Gasteiger partial charge in [-0.15, -0.1) is 11.3 Å². The quantitative estimate of drug-likeness (QED) is 0.736. The fourth-order valence-corrected chi connectivity index (χ4v) is 4.66. The van der Waals surface area contributed by atoms with Crippen molar-refractivity contribution < 1.29 is 9.59 Å². The maximum Gasteiger partial charge on any atom is 0.237 e. The van der Waals surface area contributed by atoms with Crippen LogP contribution in [0.4, 0.5) is 0 Å². The lowest BCUT2D eigenvalue weighted by Crippen LogP contribution is -2.57. The van der Waals surface area contributed by atoms with Gasteiger partial charge in [0.1, 0.15) is 0 Å². The van der Waals surface area contributed by atoms with E-state index in [4.69, 9.17) is 0 Å². The van der Waals surface area contributed by atoms with Gasteiger partial charge < -0.3 is 10.2 Å². The zero-order valence-corrected chi connectivity index (χ0v) is 18.1. The SMILES string of the molecule is Cc1nc(CN2CCN(C(=O)C[C@H]3C(=O)NCCN3Cc3cccnc3)CC2)cs1. The van der Waals surface area contributed by atoms with Crippen molar-refractivity contribution in [3.05, 3.63) is 46.2 Å². The predicted molar refractivity (Wildman–Crippen MR) is 115 cm³/mol. The van der Waals surface area contributed by atoms with E-state index in [1.807, 2.05) is 30.2 Å². The van der Waals surface area contributed by atoms with Gasteiger partial charge in [0.15, 0.2) is 0 Å². The molecule has 30 heavy (non-hydrogen) atoms. The minimum absolute atomic E-state index is 0.0531. The van der Waals surface area contributed by atoms with E-state index in [0.29, 0.717) is 26.2 Å². The van der Waals surface area contributed by atoms with E-state index in [0.717, 1.165) is 42.4 Å². The van der Waals surface area contributed by atoms with Crippen LogP contribution in [0.25, 0.3) is 0 Å². The molecule has 4 heterocycles. The summed E-state index contributed by atoms with van der Waals surface area (Å²) in [6.07, 6.45) is 3.77. The summed E-state index contributed by atoms with van der Waals surface area (Å²) in [7, 11) is 0. The molecule has 0 aromatic carbocycles. The zero-order chi connectivity index (χ0) is 20.9.